The molecule has 1 rings (SSSR count). The van der Waals surface area contributed by atoms with Gasteiger partial charge in [-0.25, -0.2) is 9.78 Å². The number of aromatic nitrogens is 1. The maximum Gasteiger partial charge on any atom is 0.339 e. The highest BCUT2D eigenvalue weighted by molar-refractivity contribution is 5.92. The fourth-order valence-electron chi connectivity index (χ4n) is 0.636. The molecule has 11 heavy (non-hydrogen) atoms. The summed E-state index contributed by atoms with van der Waals surface area (Å²) in [4.78, 5) is 13.8. The smallest absolute Gasteiger partial charge is 0.339 e. The molecule has 0 aliphatic rings. The SMILES string of the molecule is Nc1ncc(O)cc1C(=O)O. The Balaban J connectivity index is 3.23. The van der Waals surface area contributed by atoms with E-state index < -0.39 is 5.97 Å². The summed E-state index contributed by atoms with van der Waals surface area (Å²) >= 11 is 0. The van der Waals surface area contributed by atoms with E-state index in [1.807, 2.05) is 0 Å². The molecule has 0 saturated carbocycles. The number of anilines is 1. The number of pyridine rings is 1. The molecule has 5 nitrogen and oxygen atoms in total. The van der Waals surface area contributed by atoms with Crippen molar-refractivity contribution in [2.45, 2.75) is 0 Å². The Labute approximate surface area is 62.1 Å². The van der Waals surface area contributed by atoms with Crippen molar-refractivity contribution < 1.29 is 15.0 Å². The van der Waals surface area contributed by atoms with Crippen LogP contribution in [0.2, 0.25) is 0 Å². The molecular formula is C6H6N2O3. The monoisotopic (exact) mass is 154 g/mol. The summed E-state index contributed by atoms with van der Waals surface area (Å²) in [6, 6.07) is 1.05. The van der Waals surface area contributed by atoms with Gasteiger partial charge in [0.15, 0.2) is 0 Å². The van der Waals surface area contributed by atoms with Gasteiger partial charge in [0.25, 0.3) is 0 Å². The highest BCUT2D eigenvalue weighted by atomic mass is 16.4. The fraction of sp³-hybridized carbons (Fsp3) is 0. The lowest BCUT2D eigenvalue weighted by atomic mass is 10.2. The molecule has 0 unspecified atom stereocenters. The highest BCUT2D eigenvalue weighted by Gasteiger charge is 2.08. The van der Waals surface area contributed by atoms with Gasteiger partial charge in [-0.3, -0.25) is 0 Å². The zero-order chi connectivity index (χ0) is 8.43. The molecular weight excluding hydrogens is 148 g/mol. The maximum absolute atomic E-state index is 10.3. The number of carbonyl (C=O) groups is 1. The second kappa shape index (κ2) is 2.45. The van der Waals surface area contributed by atoms with Gasteiger partial charge in [-0.1, -0.05) is 0 Å². The van der Waals surface area contributed by atoms with E-state index in [1.165, 1.54) is 0 Å². The molecule has 4 N–H and O–H groups in total. The van der Waals surface area contributed by atoms with Gasteiger partial charge in [-0.2, -0.15) is 0 Å². The van der Waals surface area contributed by atoms with E-state index in [4.69, 9.17) is 15.9 Å². The topological polar surface area (TPSA) is 96.4 Å². The molecule has 0 amide bonds. The van der Waals surface area contributed by atoms with Gasteiger partial charge < -0.3 is 15.9 Å². The normalized spacial score (nSPS) is 9.45. The van der Waals surface area contributed by atoms with Gasteiger partial charge in [-0.15, -0.1) is 0 Å². The van der Waals surface area contributed by atoms with E-state index in [1.54, 1.807) is 0 Å². The van der Waals surface area contributed by atoms with Gasteiger partial charge in [0.05, 0.1) is 6.20 Å². The summed E-state index contributed by atoms with van der Waals surface area (Å²) in [5.74, 6) is -1.52. The minimum absolute atomic E-state index is 0.102. The average Bonchev–Trinajstić information content (AvgIpc) is 1.94. The molecule has 5 heteroatoms. The molecule has 1 aromatic rings. The Morgan fingerprint density at radius 1 is 1.64 bits per heavy atom. The molecule has 0 aliphatic carbocycles. The van der Waals surface area contributed by atoms with Crippen LogP contribution in [-0.4, -0.2) is 21.2 Å². The lowest BCUT2D eigenvalue weighted by Crippen LogP contribution is -2.03. The van der Waals surface area contributed by atoms with E-state index in [9.17, 15) is 4.79 Å². The quantitative estimate of drug-likeness (QED) is 0.531. The molecule has 0 saturated heterocycles. The third-order valence-electron chi connectivity index (χ3n) is 1.13. The number of carboxylic acid groups (broad SMARTS) is 1. The van der Waals surface area contributed by atoms with Crippen LogP contribution in [0.4, 0.5) is 5.82 Å². The van der Waals surface area contributed by atoms with Crippen molar-refractivity contribution in [3.05, 3.63) is 17.8 Å². The van der Waals surface area contributed by atoms with Crippen molar-refractivity contribution in [3.63, 3.8) is 0 Å². The van der Waals surface area contributed by atoms with Crippen LogP contribution in [0.15, 0.2) is 12.3 Å². The first-order valence-corrected chi connectivity index (χ1v) is 2.79. The summed E-state index contributed by atoms with van der Waals surface area (Å²) in [6.07, 6.45) is 1.09. The van der Waals surface area contributed by atoms with Crippen LogP contribution in [0.3, 0.4) is 0 Å². The largest absolute Gasteiger partial charge is 0.506 e. The van der Waals surface area contributed by atoms with Crippen LogP contribution < -0.4 is 5.73 Å². The van der Waals surface area contributed by atoms with Crippen molar-refractivity contribution in [3.8, 4) is 5.75 Å². The van der Waals surface area contributed by atoms with Crippen molar-refractivity contribution in [2.24, 2.45) is 0 Å². The summed E-state index contributed by atoms with van der Waals surface area (Å²) in [6.45, 7) is 0. The van der Waals surface area contributed by atoms with Crippen LogP contribution in [-0.2, 0) is 0 Å². The number of rotatable bonds is 1. The number of carboxylic acids is 1. The average molecular weight is 154 g/mol. The Hall–Kier alpha value is -1.78. The Morgan fingerprint density at radius 2 is 2.27 bits per heavy atom. The molecule has 1 heterocycles. The van der Waals surface area contributed by atoms with Gasteiger partial charge in [0.1, 0.15) is 17.1 Å². The minimum Gasteiger partial charge on any atom is -0.506 e. The van der Waals surface area contributed by atoms with Gasteiger partial charge in [-0.05, 0) is 6.07 Å². The van der Waals surface area contributed by atoms with Crippen LogP contribution in [0.1, 0.15) is 10.4 Å². The maximum atomic E-state index is 10.3. The van der Waals surface area contributed by atoms with Crippen LogP contribution in [0.25, 0.3) is 0 Å². The number of nitrogens with zero attached hydrogens (tertiary/aromatic N) is 1. The fourth-order valence-corrected chi connectivity index (χ4v) is 0.636. The van der Waals surface area contributed by atoms with Crippen LogP contribution in [0.5, 0.6) is 5.75 Å². The first-order valence-electron chi connectivity index (χ1n) is 2.79. The number of aromatic carboxylic acids is 1. The molecule has 0 fully saturated rings. The molecule has 0 aromatic carbocycles. The highest BCUT2D eigenvalue weighted by Crippen LogP contribution is 2.14. The summed E-state index contributed by atoms with van der Waals surface area (Å²) in [7, 11) is 0. The second-order valence-electron chi connectivity index (χ2n) is 1.93. The molecule has 1 aromatic heterocycles. The lowest BCUT2D eigenvalue weighted by Gasteiger charge is -1.98. The Bertz CT molecular complexity index is 298. The van der Waals surface area contributed by atoms with E-state index in [0.717, 1.165) is 12.3 Å². The predicted octanol–water partition coefficient (Wildman–Crippen LogP) is 0.0676. The predicted molar refractivity (Wildman–Crippen MR) is 37.3 cm³/mol. The third kappa shape index (κ3) is 1.37. The van der Waals surface area contributed by atoms with Crippen LogP contribution >= 0.6 is 0 Å². The molecule has 58 valence electrons. The van der Waals surface area contributed by atoms with Gasteiger partial charge in [0, 0.05) is 0 Å². The van der Waals surface area contributed by atoms with E-state index in [-0.39, 0.29) is 17.1 Å². The molecule has 0 bridgehead atoms. The standard InChI is InChI=1S/C6H6N2O3/c7-5-4(6(10)11)1-3(9)2-8-5/h1-2,9H,(H2,7,8)(H,10,11). The lowest BCUT2D eigenvalue weighted by molar-refractivity contribution is 0.0697. The Morgan fingerprint density at radius 3 is 2.73 bits per heavy atom. The number of aromatic hydroxyl groups is 1. The zero-order valence-electron chi connectivity index (χ0n) is 5.48. The molecule has 0 aliphatic heterocycles. The summed E-state index contributed by atoms with van der Waals surface area (Å²) < 4.78 is 0. The summed E-state index contributed by atoms with van der Waals surface area (Å²) in [5.41, 5.74) is 5.00. The van der Waals surface area contributed by atoms with Crippen molar-refractivity contribution in [1.82, 2.24) is 4.98 Å². The first-order chi connectivity index (χ1) is 5.11. The van der Waals surface area contributed by atoms with Gasteiger partial charge >= 0.3 is 5.97 Å². The van der Waals surface area contributed by atoms with Crippen molar-refractivity contribution >= 4 is 11.8 Å². The third-order valence-corrected chi connectivity index (χ3v) is 1.13. The summed E-state index contributed by atoms with van der Waals surface area (Å²) in [5, 5.41) is 17.3. The van der Waals surface area contributed by atoms with Crippen molar-refractivity contribution in [1.29, 1.82) is 0 Å². The Kier molecular flexibility index (Phi) is 1.63. The van der Waals surface area contributed by atoms with Crippen LogP contribution in [0, 0.1) is 0 Å². The zero-order valence-corrected chi connectivity index (χ0v) is 5.48. The van der Waals surface area contributed by atoms with E-state index in [2.05, 4.69) is 4.98 Å². The second-order valence-corrected chi connectivity index (χ2v) is 1.93. The number of hydrogen-bond donors (Lipinski definition) is 3. The molecule has 0 spiro atoms. The van der Waals surface area contributed by atoms with Gasteiger partial charge in [0.2, 0.25) is 0 Å². The number of nitrogen functional groups attached to an aromatic ring is 1. The molecule has 0 radical (unpaired) electrons. The number of hydrogen-bond acceptors (Lipinski definition) is 4. The molecule has 0 atom stereocenters. The minimum atomic E-state index is -1.20. The van der Waals surface area contributed by atoms with E-state index >= 15 is 0 Å². The first kappa shape index (κ1) is 7.33. The van der Waals surface area contributed by atoms with E-state index in [0.29, 0.717) is 0 Å². The number of nitrogens with two attached hydrogens (primary N) is 1. The van der Waals surface area contributed by atoms with Crippen molar-refractivity contribution in [2.75, 3.05) is 5.73 Å².